The van der Waals surface area contributed by atoms with Crippen LogP contribution in [0.5, 0.6) is 5.75 Å². The fraction of sp³-hybridized carbons (Fsp3) is 0.182. The average Bonchev–Trinajstić information content (AvgIpc) is 3.12. The SMILES string of the molecule is Cn1ncc2ccc(Nc3nc(Nc4ccc5c(c4)NC(=O)C(C)(C)O5)ncc3F)cc21. The van der Waals surface area contributed by atoms with Crippen LogP contribution in [0.15, 0.2) is 48.8 Å². The molecule has 0 atom stereocenters. The van der Waals surface area contributed by atoms with Crippen molar-refractivity contribution in [3.8, 4) is 5.75 Å². The molecule has 0 aliphatic carbocycles. The summed E-state index contributed by atoms with van der Waals surface area (Å²) in [6, 6.07) is 10.8. The van der Waals surface area contributed by atoms with Gasteiger partial charge in [-0.25, -0.2) is 9.37 Å². The largest absolute Gasteiger partial charge is 0.476 e. The van der Waals surface area contributed by atoms with Crippen LogP contribution < -0.4 is 20.7 Å². The maximum Gasteiger partial charge on any atom is 0.268 e. The van der Waals surface area contributed by atoms with Gasteiger partial charge >= 0.3 is 0 Å². The third kappa shape index (κ3) is 3.55. The number of amides is 1. The van der Waals surface area contributed by atoms with Crippen molar-refractivity contribution >= 4 is 45.6 Å². The number of aryl methyl sites for hydroxylation is 1. The second kappa shape index (κ2) is 7.19. The maximum absolute atomic E-state index is 14.4. The summed E-state index contributed by atoms with van der Waals surface area (Å²) in [4.78, 5) is 20.4. The Balaban J connectivity index is 1.39. The van der Waals surface area contributed by atoms with Crippen molar-refractivity contribution < 1.29 is 13.9 Å². The minimum absolute atomic E-state index is 0.0281. The van der Waals surface area contributed by atoms with Crippen LogP contribution in [0.1, 0.15) is 13.8 Å². The molecule has 9 nitrogen and oxygen atoms in total. The smallest absolute Gasteiger partial charge is 0.268 e. The summed E-state index contributed by atoms with van der Waals surface area (Å²) in [7, 11) is 1.84. The molecule has 0 spiro atoms. The van der Waals surface area contributed by atoms with Crippen LogP contribution in [0.2, 0.25) is 0 Å². The van der Waals surface area contributed by atoms with Crippen molar-refractivity contribution in [1.29, 1.82) is 0 Å². The van der Waals surface area contributed by atoms with Crippen molar-refractivity contribution in [2.24, 2.45) is 7.05 Å². The topological polar surface area (TPSA) is 106 Å². The first-order valence-electron chi connectivity index (χ1n) is 9.91. The number of nitrogens with zero attached hydrogens (tertiary/aromatic N) is 4. The van der Waals surface area contributed by atoms with Crippen LogP contribution in [0.3, 0.4) is 0 Å². The number of nitrogens with one attached hydrogen (secondary N) is 3. The minimum atomic E-state index is -0.943. The van der Waals surface area contributed by atoms with Gasteiger partial charge in [-0.1, -0.05) is 0 Å². The number of halogens is 1. The predicted octanol–water partition coefficient (Wildman–Crippen LogP) is 4.10. The van der Waals surface area contributed by atoms with Crippen LogP contribution in [0.25, 0.3) is 10.9 Å². The highest BCUT2D eigenvalue weighted by Crippen LogP contribution is 2.36. The van der Waals surface area contributed by atoms with Gasteiger partial charge in [-0.2, -0.15) is 10.1 Å². The number of ether oxygens (including phenoxy) is 1. The Labute approximate surface area is 182 Å². The molecule has 4 aromatic rings. The molecular formula is C22H20FN7O2. The van der Waals surface area contributed by atoms with Gasteiger partial charge in [0, 0.05) is 23.8 Å². The van der Waals surface area contributed by atoms with Gasteiger partial charge in [0.2, 0.25) is 5.95 Å². The van der Waals surface area contributed by atoms with E-state index in [9.17, 15) is 9.18 Å². The van der Waals surface area contributed by atoms with E-state index in [1.165, 1.54) is 0 Å². The molecule has 3 N–H and O–H groups in total. The summed E-state index contributed by atoms with van der Waals surface area (Å²) in [5, 5.41) is 14.0. The summed E-state index contributed by atoms with van der Waals surface area (Å²) >= 11 is 0. The molecule has 0 saturated carbocycles. The summed E-state index contributed by atoms with van der Waals surface area (Å²) in [6.45, 7) is 3.40. The molecule has 2 aromatic carbocycles. The molecule has 1 aliphatic heterocycles. The second-order valence-corrected chi connectivity index (χ2v) is 7.96. The number of benzene rings is 2. The Morgan fingerprint density at radius 2 is 1.88 bits per heavy atom. The molecule has 0 bridgehead atoms. The van der Waals surface area contributed by atoms with Crippen LogP contribution in [0.4, 0.5) is 33.2 Å². The van der Waals surface area contributed by atoms with Crippen LogP contribution in [0, 0.1) is 5.82 Å². The molecule has 0 fully saturated rings. The molecular weight excluding hydrogens is 413 g/mol. The van der Waals surface area contributed by atoms with Gasteiger partial charge < -0.3 is 20.7 Å². The first kappa shape index (κ1) is 19.7. The minimum Gasteiger partial charge on any atom is -0.476 e. The van der Waals surface area contributed by atoms with Gasteiger partial charge in [0.1, 0.15) is 5.75 Å². The quantitative estimate of drug-likeness (QED) is 0.445. The molecule has 162 valence electrons. The zero-order valence-corrected chi connectivity index (χ0v) is 17.6. The Morgan fingerprint density at radius 3 is 2.72 bits per heavy atom. The molecule has 32 heavy (non-hydrogen) atoms. The van der Waals surface area contributed by atoms with Crippen molar-refractivity contribution in [3.63, 3.8) is 0 Å². The number of carbonyl (C=O) groups is 1. The van der Waals surface area contributed by atoms with Gasteiger partial charge in [0.05, 0.1) is 23.6 Å². The number of carbonyl (C=O) groups excluding carboxylic acids is 1. The molecule has 1 amide bonds. The average molecular weight is 433 g/mol. The summed E-state index contributed by atoms with van der Waals surface area (Å²) < 4.78 is 21.8. The lowest BCUT2D eigenvalue weighted by Crippen LogP contribution is -2.45. The third-order valence-corrected chi connectivity index (χ3v) is 5.15. The standard InChI is InChI=1S/C22H20FN7O2/c1-22(2)20(31)28-16-8-13(6-7-18(16)32-22)27-21-24-11-15(23)19(29-21)26-14-5-4-12-10-25-30(3)17(12)9-14/h4-11H,1-3H3,(H,28,31)(H2,24,26,27,29). The number of hydrogen-bond donors (Lipinski definition) is 3. The van der Waals surface area contributed by atoms with E-state index in [1.54, 1.807) is 42.9 Å². The molecule has 3 heterocycles. The first-order valence-corrected chi connectivity index (χ1v) is 9.91. The van der Waals surface area contributed by atoms with E-state index in [0.29, 0.717) is 22.8 Å². The number of aromatic nitrogens is 4. The highest BCUT2D eigenvalue weighted by atomic mass is 19.1. The van der Waals surface area contributed by atoms with Crippen molar-refractivity contribution in [2.75, 3.05) is 16.0 Å². The van der Waals surface area contributed by atoms with E-state index < -0.39 is 11.4 Å². The Bertz CT molecular complexity index is 1370. The van der Waals surface area contributed by atoms with Crippen molar-refractivity contribution in [2.45, 2.75) is 19.4 Å². The second-order valence-electron chi connectivity index (χ2n) is 7.96. The lowest BCUT2D eigenvalue weighted by atomic mass is 10.1. The predicted molar refractivity (Wildman–Crippen MR) is 119 cm³/mol. The number of anilines is 5. The van der Waals surface area contributed by atoms with Crippen molar-refractivity contribution in [1.82, 2.24) is 19.7 Å². The number of rotatable bonds is 4. The Kier molecular flexibility index (Phi) is 4.43. The molecule has 0 radical (unpaired) electrons. The lowest BCUT2D eigenvalue weighted by molar-refractivity contribution is -0.129. The fourth-order valence-electron chi connectivity index (χ4n) is 3.39. The molecule has 10 heteroatoms. The monoisotopic (exact) mass is 433 g/mol. The van der Waals surface area contributed by atoms with Crippen LogP contribution in [-0.4, -0.2) is 31.3 Å². The highest BCUT2D eigenvalue weighted by molar-refractivity contribution is 6.00. The van der Waals surface area contributed by atoms with Crippen LogP contribution >= 0.6 is 0 Å². The van der Waals surface area contributed by atoms with Crippen molar-refractivity contribution in [3.05, 3.63) is 54.6 Å². The zero-order chi connectivity index (χ0) is 22.5. The highest BCUT2D eigenvalue weighted by Gasteiger charge is 2.35. The van der Waals surface area contributed by atoms with Gasteiger partial charge in [0.25, 0.3) is 5.91 Å². The van der Waals surface area contributed by atoms with Gasteiger partial charge in [-0.3, -0.25) is 9.48 Å². The summed E-state index contributed by atoms with van der Waals surface area (Å²) in [5.74, 6) is -0.0432. The zero-order valence-electron chi connectivity index (χ0n) is 17.6. The third-order valence-electron chi connectivity index (χ3n) is 5.15. The van der Waals surface area contributed by atoms with Gasteiger partial charge in [-0.05, 0) is 50.2 Å². The van der Waals surface area contributed by atoms with E-state index in [2.05, 4.69) is 31.0 Å². The van der Waals surface area contributed by atoms with Crippen LogP contribution in [-0.2, 0) is 11.8 Å². The summed E-state index contributed by atoms with van der Waals surface area (Å²) in [6.07, 6.45) is 2.85. The molecule has 0 saturated heterocycles. The normalized spacial score (nSPS) is 14.4. The fourth-order valence-corrected chi connectivity index (χ4v) is 3.39. The molecule has 5 rings (SSSR count). The Hall–Kier alpha value is -4.21. The number of fused-ring (bicyclic) bond motifs is 2. The van der Waals surface area contributed by atoms with E-state index in [0.717, 1.165) is 17.1 Å². The van der Waals surface area contributed by atoms with E-state index >= 15 is 0 Å². The number of hydrogen-bond acceptors (Lipinski definition) is 7. The Morgan fingerprint density at radius 1 is 1.09 bits per heavy atom. The maximum atomic E-state index is 14.4. The van der Waals surface area contributed by atoms with E-state index in [-0.39, 0.29) is 17.7 Å². The van der Waals surface area contributed by atoms with E-state index in [1.807, 2.05) is 25.2 Å². The first-order chi connectivity index (χ1) is 15.3. The van der Waals surface area contributed by atoms with Gasteiger partial charge in [0.15, 0.2) is 17.2 Å². The summed E-state index contributed by atoms with van der Waals surface area (Å²) in [5.41, 5.74) is 1.77. The molecule has 2 aromatic heterocycles. The lowest BCUT2D eigenvalue weighted by Gasteiger charge is -2.31. The molecule has 1 aliphatic rings. The van der Waals surface area contributed by atoms with Gasteiger partial charge in [-0.15, -0.1) is 0 Å². The van der Waals surface area contributed by atoms with E-state index in [4.69, 9.17) is 4.74 Å². The molecule has 0 unspecified atom stereocenters.